The first-order valence-corrected chi connectivity index (χ1v) is 19.7. The van der Waals surface area contributed by atoms with E-state index < -0.39 is 0 Å². The second-order valence-corrected chi connectivity index (χ2v) is 15.4. The van der Waals surface area contributed by atoms with Crippen LogP contribution in [0.2, 0.25) is 0 Å². The van der Waals surface area contributed by atoms with Gasteiger partial charge in [0.05, 0.1) is 0 Å². The third-order valence-corrected chi connectivity index (χ3v) is 11.6. The standard InChI is InChI=1S/C37H29N.C18H12O/c1-37(2)34-23-27(25-11-5-3-6-12-25)17-19-31(34)32-20-18-28(24-35(32)37)38-36-22-21-29(26-13-7-4-8-14-26)30-15-9-10-16-33(30)36;1-2-6-13(7-3-1)14-10-11-16-15-8-4-5-9-17(15)19-18(16)12-14/h3-24,38H,1-2H3;1-12H. The van der Waals surface area contributed by atoms with E-state index in [1.54, 1.807) is 0 Å². The Balaban J connectivity index is 0.000000174. The van der Waals surface area contributed by atoms with Gasteiger partial charge in [-0.1, -0.05) is 178 Å². The summed E-state index contributed by atoms with van der Waals surface area (Å²) in [4.78, 5) is 0. The third-order valence-electron chi connectivity index (χ3n) is 11.6. The predicted octanol–water partition coefficient (Wildman–Crippen LogP) is 15.5. The largest absolute Gasteiger partial charge is 0.456 e. The lowest BCUT2D eigenvalue weighted by Gasteiger charge is -2.23. The highest BCUT2D eigenvalue weighted by Crippen LogP contribution is 2.50. The summed E-state index contributed by atoms with van der Waals surface area (Å²) in [6.45, 7) is 4.69. The molecule has 272 valence electrons. The number of fused-ring (bicyclic) bond motifs is 7. The molecule has 1 N–H and O–H groups in total. The van der Waals surface area contributed by atoms with Crippen molar-refractivity contribution in [1.29, 1.82) is 0 Å². The average molecular weight is 732 g/mol. The van der Waals surface area contributed by atoms with Gasteiger partial charge in [0.2, 0.25) is 0 Å². The Morgan fingerprint density at radius 2 is 0.860 bits per heavy atom. The van der Waals surface area contributed by atoms with E-state index in [-0.39, 0.29) is 5.41 Å². The van der Waals surface area contributed by atoms with E-state index in [4.69, 9.17) is 4.42 Å². The summed E-state index contributed by atoms with van der Waals surface area (Å²) in [6, 6.07) is 73.1. The van der Waals surface area contributed by atoms with Crippen molar-refractivity contribution in [3.8, 4) is 44.5 Å². The highest BCUT2D eigenvalue weighted by Gasteiger charge is 2.35. The summed E-state index contributed by atoms with van der Waals surface area (Å²) in [6.07, 6.45) is 0. The number of benzene rings is 9. The molecule has 1 heterocycles. The van der Waals surface area contributed by atoms with E-state index in [1.807, 2.05) is 24.3 Å². The Morgan fingerprint density at radius 1 is 0.351 bits per heavy atom. The molecule has 1 aromatic heterocycles. The number of rotatable bonds is 5. The molecule has 1 aliphatic rings. The van der Waals surface area contributed by atoms with Crippen LogP contribution in [0.4, 0.5) is 11.4 Å². The van der Waals surface area contributed by atoms with Gasteiger partial charge < -0.3 is 9.73 Å². The van der Waals surface area contributed by atoms with Crippen molar-refractivity contribution in [3.63, 3.8) is 0 Å². The van der Waals surface area contributed by atoms with E-state index in [0.29, 0.717) is 0 Å². The zero-order valence-corrected chi connectivity index (χ0v) is 32.0. The number of anilines is 2. The summed E-state index contributed by atoms with van der Waals surface area (Å²) < 4.78 is 5.91. The van der Waals surface area contributed by atoms with Gasteiger partial charge in [-0.15, -0.1) is 0 Å². The maximum Gasteiger partial charge on any atom is 0.136 e. The van der Waals surface area contributed by atoms with Crippen LogP contribution >= 0.6 is 0 Å². The van der Waals surface area contributed by atoms with E-state index in [0.717, 1.165) is 22.5 Å². The monoisotopic (exact) mass is 731 g/mol. The number of furan rings is 1. The van der Waals surface area contributed by atoms with Crippen molar-refractivity contribution in [2.45, 2.75) is 19.3 Å². The Kier molecular flexibility index (Phi) is 8.53. The molecule has 0 fully saturated rings. The first-order chi connectivity index (χ1) is 28.0. The quantitative estimate of drug-likeness (QED) is 0.191. The minimum Gasteiger partial charge on any atom is -0.456 e. The maximum absolute atomic E-state index is 5.91. The predicted molar refractivity (Wildman–Crippen MR) is 241 cm³/mol. The van der Waals surface area contributed by atoms with Gasteiger partial charge in [-0.05, 0) is 103 Å². The second kappa shape index (κ2) is 14.2. The molecular weight excluding hydrogens is 691 g/mol. The topological polar surface area (TPSA) is 25.2 Å². The van der Waals surface area contributed by atoms with Crippen LogP contribution in [-0.2, 0) is 5.41 Å². The van der Waals surface area contributed by atoms with Gasteiger partial charge in [0.25, 0.3) is 0 Å². The summed E-state index contributed by atoms with van der Waals surface area (Å²) in [5, 5.41) is 8.59. The van der Waals surface area contributed by atoms with Crippen LogP contribution in [0.15, 0.2) is 211 Å². The Labute approximate surface area is 333 Å². The van der Waals surface area contributed by atoms with Crippen LogP contribution in [0.25, 0.3) is 77.2 Å². The molecule has 0 atom stereocenters. The van der Waals surface area contributed by atoms with Crippen molar-refractivity contribution in [3.05, 3.63) is 217 Å². The van der Waals surface area contributed by atoms with Crippen molar-refractivity contribution in [2.24, 2.45) is 0 Å². The van der Waals surface area contributed by atoms with Crippen LogP contribution in [0.3, 0.4) is 0 Å². The molecule has 9 aromatic carbocycles. The van der Waals surface area contributed by atoms with Gasteiger partial charge in [-0.3, -0.25) is 0 Å². The molecule has 0 saturated heterocycles. The summed E-state index contributed by atoms with van der Waals surface area (Å²) in [5.41, 5.74) is 16.9. The molecule has 2 heteroatoms. The lowest BCUT2D eigenvalue weighted by atomic mass is 9.81. The molecule has 0 radical (unpaired) electrons. The first-order valence-electron chi connectivity index (χ1n) is 19.7. The van der Waals surface area contributed by atoms with Crippen LogP contribution in [0, 0.1) is 0 Å². The maximum atomic E-state index is 5.91. The minimum absolute atomic E-state index is 0.0770. The number of hydrogen-bond donors (Lipinski definition) is 1. The molecule has 0 spiro atoms. The average Bonchev–Trinajstić information content (AvgIpc) is 3.75. The summed E-state index contributed by atoms with van der Waals surface area (Å²) >= 11 is 0. The van der Waals surface area contributed by atoms with Gasteiger partial charge in [-0.25, -0.2) is 0 Å². The van der Waals surface area contributed by atoms with E-state index in [2.05, 4.69) is 201 Å². The van der Waals surface area contributed by atoms with Gasteiger partial charge in [0, 0.05) is 32.9 Å². The zero-order chi connectivity index (χ0) is 38.3. The molecule has 0 amide bonds. The highest BCUT2D eigenvalue weighted by molar-refractivity contribution is 6.06. The third kappa shape index (κ3) is 6.26. The molecule has 0 unspecified atom stereocenters. The fraction of sp³-hybridized carbons (Fsp3) is 0.0545. The van der Waals surface area contributed by atoms with Gasteiger partial charge in [-0.2, -0.15) is 0 Å². The van der Waals surface area contributed by atoms with Gasteiger partial charge in [0.1, 0.15) is 11.2 Å². The van der Waals surface area contributed by atoms with E-state index in [9.17, 15) is 0 Å². The van der Waals surface area contributed by atoms with E-state index >= 15 is 0 Å². The smallest absolute Gasteiger partial charge is 0.136 e. The lowest BCUT2D eigenvalue weighted by Crippen LogP contribution is -2.15. The molecule has 2 nitrogen and oxygen atoms in total. The molecule has 10 aromatic rings. The molecule has 11 rings (SSSR count). The summed E-state index contributed by atoms with van der Waals surface area (Å²) in [5.74, 6) is 0. The zero-order valence-electron chi connectivity index (χ0n) is 32.0. The fourth-order valence-electron chi connectivity index (χ4n) is 8.59. The van der Waals surface area contributed by atoms with Crippen LogP contribution < -0.4 is 5.32 Å². The molecule has 1 aliphatic carbocycles. The second-order valence-electron chi connectivity index (χ2n) is 15.4. The first kappa shape index (κ1) is 34.3. The van der Waals surface area contributed by atoms with Crippen molar-refractivity contribution < 1.29 is 4.42 Å². The molecule has 57 heavy (non-hydrogen) atoms. The Morgan fingerprint density at radius 3 is 1.56 bits per heavy atom. The fourth-order valence-corrected chi connectivity index (χ4v) is 8.59. The van der Waals surface area contributed by atoms with Crippen LogP contribution in [0.1, 0.15) is 25.0 Å². The van der Waals surface area contributed by atoms with Gasteiger partial charge in [0.15, 0.2) is 0 Å². The molecule has 0 aliphatic heterocycles. The van der Waals surface area contributed by atoms with Crippen molar-refractivity contribution >= 4 is 44.1 Å². The SMILES string of the molecule is CC1(C)c2cc(Nc3ccc(-c4ccccc4)c4ccccc34)ccc2-c2ccc(-c3ccccc3)cc21.c1ccc(-c2ccc3c(c2)oc2ccccc23)cc1. The minimum atomic E-state index is -0.0770. The van der Waals surface area contributed by atoms with Crippen molar-refractivity contribution in [2.75, 3.05) is 5.32 Å². The number of hydrogen-bond acceptors (Lipinski definition) is 2. The van der Waals surface area contributed by atoms with Crippen LogP contribution in [-0.4, -0.2) is 0 Å². The molecule has 0 bridgehead atoms. The number of para-hydroxylation sites is 1. The Hall–Kier alpha value is -7.16. The highest BCUT2D eigenvalue weighted by atomic mass is 16.3. The Bertz CT molecular complexity index is 3050. The molecular formula is C55H41NO. The van der Waals surface area contributed by atoms with Crippen molar-refractivity contribution in [1.82, 2.24) is 0 Å². The van der Waals surface area contributed by atoms with E-state index in [1.165, 1.54) is 77.2 Å². The lowest BCUT2D eigenvalue weighted by molar-refractivity contribution is 0.661. The number of nitrogens with one attached hydrogen (secondary N) is 1. The normalized spacial score (nSPS) is 12.5. The summed E-state index contributed by atoms with van der Waals surface area (Å²) in [7, 11) is 0. The van der Waals surface area contributed by atoms with Crippen LogP contribution in [0.5, 0.6) is 0 Å². The molecule has 0 saturated carbocycles. The van der Waals surface area contributed by atoms with Gasteiger partial charge >= 0.3 is 0 Å².